The summed E-state index contributed by atoms with van der Waals surface area (Å²) in [5, 5.41) is 5.11. The van der Waals surface area contributed by atoms with Crippen LogP contribution in [0.15, 0.2) is 52.9 Å². The lowest BCUT2D eigenvalue weighted by Gasteiger charge is -2.09. The van der Waals surface area contributed by atoms with E-state index in [0.717, 1.165) is 11.5 Å². The molecule has 4 aromatic heterocycles. The number of carbonyl (C=O) groups excluding carboxylic acids is 1. The lowest BCUT2D eigenvalue weighted by Crippen LogP contribution is -2.17. The second-order valence-electron chi connectivity index (χ2n) is 6.17. The number of aryl methyl sites for hydroxylation is 1. The van der Waals surface area contributed by atoms with Crippen molar-refractivity contribution in [2.45, 2.75) is 13.5 Å². The molecule has 0 aliphatic carbocycles. The van der Waals surface area contributed by atoms with Gasteiger partial charge in [0.1, 0.15) is 17.1 Å². The highest BCUT2D eigenvalue weighted by Crippen LogP contribution is 2.19. The largest absolute Gasteiger partial charge is 0.448 e. The minimum atomic E-state index is -0.551. The van der Waals surface area contributed by atoms with Crippen LogP contribution in [-0.2, 0) is 6.54 Å². The van der Waals surface area contributed by atoms with E-state index in [0.29, 0.717) is 28.6 Å². The molecule has 7 nitrogen and oxygen atoms in total. The van der Waals surface area contributed by atoms with Crippen molar-refractivity contribution in [3.05, 3.63) is 82.8 Å². The van der Waals surface area contributed by atoms with E-state index in [1.54, 1.807) is 41.1 Å². The van der Waals surface area contributed by atoms with Crippen LogP contribution in [0.1, 0.15) is 33.2 Å². The number of aromatic nitrogens is 4. The lowest BCUT2D eigenvalue weighted by molar-refractivity contribution is 0.101. The highest BCUT2D eigenvalue weighted by atomic mass is 32.1. The molecule has 146 valence electrons. The number of carbonyl (C=O) groups is 1. The summed E-state index contributed by atoms with van der Waals surface area (Å²) in [4.78, 5) is 24.7. The Balaban J connectivity index is 1.44. The van der Waals surface area contributed by atoms with Crippen LogP contribution < -0.4 is 5.32 Å². The Morgan fingerprint density at radius 3 is 3.03 bits per heavy atom. The third-order valence-electron chi connectivity index (χ3n) is 4.14. The van der Waals surface area contributed by atoms with E-state index in [9.17, 15) is 9.18 Å². The van der Waals surface area contributed by atoms with Crippen LogP contribution in [0.5, 0.6) is 0 Å². The minimum absolute atomic E-state index is 0.290. The SMILES string of the molecule is Cc1ocnc1C=Cc1csc(NC(=O)c2cccn2Cc2ccnc(F)c2)n1. The van der Waals surface area contributed by atoms with Crippen LogP contribution in [0, 0.1) is 12.9 Å². The number of nitrogens with zero attached hydrogens (tertiary/aromatic N) is 4. The first-order valence-corrected chi connectivity index (χ1v) is 9.57. The van der Waals surface area contributed by atoms with Gasteiger partial charge in [-0.3, -0.25) is 10.1 Å². The zero-order valence-corrected chi connectivity index (χ0v) is 16.2. The van der Waals surface area contributed by atoms with Crippen molar-refractivity contribution in [2.24, 2.45) is 0 Å². The minimum Gasteiger partial charge on any atom is -0.448 e. The highest BCUT2D eigenvalue weighted by Gasteiger charge is 2.13. The van der Waals surface area contributed by atoms with Gasteiger partial charge in [0.15, 0.2) is 11.5 Å². The Labute approximate surface area is 169 Å². The second kappa shape index (κ2) is 8.19. The summed E-state index contributed by atoms with van der Waals surface area (Å²) in [5.41, 5.74) is 2.60. The molecular weight excluding hydrogens is 393 g/mol. The second-order valence-corrected chi connectivity index (χ2v) is 7.03. The molecule has 0 unspecified atom stereocenters. The van der Waals surface area contributed by atoms with Crippen molar-refractivity contribution in [1.29, 1.82) is 0 Å². The van der Waals surface area contributed by atoms with Crippen molar-refractivity contribution in [1.82, 2.24) is 19.5 Å². The van der Waals surface area contributed by atoms with Gasteiger partial charge in [0.2, 0.25) is 5.95 Å². The Hall–Kier alpha value is -3.59. The highest BCUT2D eigenvalue weighted by molar-refractivity contribution is 7.14. The molecule has 0 spiro atoms. The van der Waals surface area contributed by atoms with Crippen LogP contribution in [0.25, 0.3) is 12.2 Å². The summed E-state index contributed by atoms with van der Waals surface area (Å²) < 4.78 is 20.2. The first kappa shape index (κ1) is 18.8. The zero-order valence-electron chi connectivity index (χ0n) is 15.4. The summed E-state index contributed by atoms with van der Waals surface area (Å²) in [6.07, 6.45) is 8.16. The first-order valence-electron chi connectivity index (χ1n) is 8.69. The molecule has 0 saturated carbocycles. The maximum absolute atomic E-state index is 13.3. The molecule has 1 N–H and O–H groups in total. The maximum atomic E-state index is 13.3. The maximum Gasteiger partial charge on any atom is 0.274 e. The van der Waals surface area contributed by atoms with Crippen molar-refractivity contribution in [3.8, 4) is 0 Å². The third-order valence-corrected chi connectivity index (χ3v) is 4.92. The molecule has 0 saturated heterocycles. The molecule has 0 aliphatic rings. The van der Waals surface area contributed by atoms with E-state index in [1.165, 1.54) is 30.0 Å². The summed E-state index contributed by atoms with van der Waals surface area (Å²) in [6, 6.07) is 6.52. The molecule has 0 radical (unpaired) electrons. The van der Waals surface area contributed by atoms with E-state index in [1.807, 2.05) is 12.3 Å². The van der Waals surface area contributed by atoms with Crippen molar-refractivity contribution in [3.63, 3.8) is 0 Å². The number of rotatable bonds is 6. The number of hydrogen-bond acceptors (Lipinski definition) is 6. The average Bonchev–Trinajstić information content (AvgIpc) is 3.42. The van der Waals surface area contributed by atoms with Gasteiger partial charge in [0, 0.05) is 24.3 Å². The summed E-state index contributed by atoms with van der Waals surface area (Å²) in [7, 11) is 0. The summed E-state index contributed by atoms with van der Waals surface area (Å²) in [5.74, 6) is -0.119. The molecule has 9 heteroatoms. The van der Waals surface area contributed by atoms with Crippen molar-refractivity contribution < 1.29 is 13.6 Å². The van der Waals surface area contributed by atoms with Gasteiger partial charge in [0.05, 0.1) is 5.69 Å². The molecule has 29 heavy (non-hydrogen) atoms. The number of halogens is 1. The number of anilines is 1. The van der Waals surface area contributed by atoms with Gasteiger partial charge in [-0.2, -0.15) is 4.39 Å². The molecule has 0 atom stereocenters. The molecular formula is C20H16FN5O2S. The quantitative estimate of drug-likeness (QED) is 0.481. The standard InChI is InChI=1S/C20H16FN5O2S/c1-13-16(23-12-28-13)5-4-15-11-29-20(24-15)25-19(27)17-3-2-8-26(17)10-14-6-7-22-18(21)9-14/h2-9,11-12H,10H2,1H3,(H,24,25,27). The van der Waals surface area contributed by atoms with E-state index >= 15 is 0 Å². The zero-order chi connectivity index (χ0) is 20.2. The molecule has 4 rings (SSSR count). The van der Waals surface area contributed by atoms with Crippen LogP contribution in [0.4, 0.5) is 9.52 Å². The smallest absolute Gasteiger partial charge is 0.274 e. The van der Waals surface area contributed by atoms with Crippen LogP contribution in [0.2, 0.25) is 0 Å². The predicted octanol–water partition coefficient (Wildman–Crippen LogP) is 4.25. The molecule has 4 heterocycles. The average molecular weight is 409 g/mol. The van der Waals surface area contributed by atoms with Crippen LogP contribution in [0.3, 0.4) is 0 Å². The Morgan fingerprint density at radius 2 is 2.24 bits per heavy atom. The molecule has 0 fully saturated rings. The van der Waals surface area contributed by atoms with Gasteiger partial charge >= 0.3 is 0 Å². The molecule has 0 bridgehead atoms. The fourth-order valence-electron chi connectivity index (χ4n) is 2.72. The normalized spacial score (nSPS) is 11.2. The van der Waals surface area contributed by atoms with Gasteiger partial charge in [-0.25, -0.2) is 15.0 Å². The lowest BCUT2D eigenvalue weighted by atomic mass is 10.2. The summed E-state index contributed by atoms with van der Waals surface area (Å²) in [6.45, 7) is 2.19. The van der Waals surface area contributed by atoms with Gasteiger partial charge in [0.25, 0.3) is 5.91 Å². The summed E-state index contributed by atoms with van der Waals surface area (Å²) >= 11 is 1.32. The molecule has 0 aliphatic heterocycles. The fraction of sp³-hybridized carbons (Fsp3) is 0.100. The van der Waals surface area contributed by atoms with Crippen LogP contribution in [-0.4, -0.2) is 25.4 Å². The van der Waals surface area contributed by atoms with E-state index in [2.05, 4.69) is 20.3 Å². The first-order chi connectivity index (χ1) is 14.1. The fourth-order valence-corrected chi connectivity index (χ4v) is 3.39. The van der Waals surface area contributed by atoms with Gasteiger partial charge in [-0.15, -0.1) is 11.3 Å². The van der Waals surface area contributed by atoms with E-state index in [4.69, 9.17) is 4.42 Å². The number of amides is 1. The van der Waals surface area contributed by atoms with Crippen molar-refractivity contribution >= 4 is 34.5 Å². The van der Waals surface area contributed by atoms with Gasteiger partial charge in [-0.05, 0) is 48.9 Å². The topological polar surface area (TPSA) is 85.8 Å². The Kier molecular flexibility index (Phi) is 5.30. The molecule has 0 aromatic carbocycles. The third kappa shape index (κ3) is 4.46. The van der Waals surface area contributed by atoms with Crippen LogP contribution >= 0.6 is 11.3 Å². The van der Waals surface area contributed by atoms with E-state index < -0.39 is 5.95 Å². The number of thiazole rings is 1. The number of oxazole rings is 1. The molecule has 1 amide bonds. The van der Waals surface area contributed by atoms with Gasteiger partial charge < -0.3 is 8.98 Å². The Bertz CT molecular complexity index is 1180. The predicted molar refractivity (Wildman–Crippen MR) is 108 cm³/mol. The molecule has 4 aromatic rings. The number of nitrogens with one attached hydrogen (secondary N) is 1. The van der Waals surface area contributed by atoms with Crippen molar-refractivity contribution in [2.75, 3.05) is 5.32 Å². The number of hydrogen-bond donors (Lipinski definition) is 1. The number of pyridine rings is 1. The van der Waals surface area contributed by atoms with E-state index in [-0.39, 0.29) is 5.91 Å². The Morgan fingerprint density at radius 1 is 1.34 bits per heavy atom. The van der Waals surface area contributed by atoms with Gasteiger partial charge in [-0.1, -0.05) is 0 Å². The monoisotopic (exact) mass is 409 g/mol.